The van der Waals surface area contributed by atoms with E-state index in [1.165, 1.54) is 16.8 Å². The van der Waals surface area contributed by atoms with Crippen LogP contribution in [0.3, 0.4) is 0 Å². The second-order valence-corrected chi connectivity index (χ2v) is 12.3. The molecule has 0 amide bonds. The fourth-order valence-corrected chi connectivity index (χ4v) is 6.20. The number of rotatable bonds is 6. The highest BCUT2D eigenvalue weighted by Crippen LogP contribution is 2.34. The van der Waals surface area contributed by atoms with Crippen molar-refractivity contribution in [1.82, 2.24) is 9.97 Å². The lowest BCUT2D eigenvalue weighted by molar-refractivity contribution is 0.880. The molecule has 0 bridgehead atoms. The minimum atomic E-state index is -0.439. The summed E-state index contributed by atoms with van der Waals surface area (Å²) in [5.74, 6) is 1.63. The molecule has 0 fully saturated rings. The van der Waals surface area contributed by atoms with Gasteiger partial charge in [0.05, 0.1) is 12.0 Å². The van der Waals surface area contributed by atoms with Gasteiger partial charge in [-0.05, 0) is 61.5 Å². The van der Waals surface area contributed by atoms with Gasteiger partial charge in [0, 0.05) is 11.6 Å². The molecule has 49 heavy (non-hydrogen) atoms. The first-order valence-corrected chi connectivity index (χ1v) is 16.3. The minimum absolute atomic E-state index is 0.0994. The number of aromatic nitrogens is 2. The Kier molecular flexibility index (Phi) is 8.05. The highest BCUT2D eigenvalue weighted by Gasteiger charge is 2.15. The van der Waals surface area contributed by atoms with Crippen molar-refractivity contribution in [2.75, 3.05) is 0 Å². The zero-order valence-corrected chi connectivity index (χ0v) is 27.4. The first-order valence-electron chi connectivity index (χ1n) is 15.6. The Bertz CT molecular complexity index is 2430. The summed E-state index contributed by atoms with van der Waals surface area (Å²) in [5, 5.41) is 10.1. The molecule has 0 aliphatic carbocycles. The number of halogens is 2. The molecule has 9 heteroatoms. The monoisotopic (exact) mass is 674 g/mol. The third kappa shape index (κ3) is 6.50. The van der Waals surface area contributed by atoms with Gasteiger partial charge in [0.15, 0.2) is 0 Å². The van der Waals surface area contributed by atoms with Crippen LogP contribution in [0.1, 0.15) is 28.4 Å². The Labute approximate surface area is 292 Å². The molecule has 2 heterocycles. The SMILES string of the molecule is N/C(=N\c1nc(Cl)cc(Cl)n1)c1ccc(-c2ccc(C3=NC(c4ccc5ccccc5c4)[N-]C(c4ccc5ccccc5c4)=N3)cc2)cc1. The van der Waals surface area contributed by atoms with Crippen LogP contribution in [0.25, 0.3) is 38.0 Å². The van der Waals surface area contributed by atoms with Crippen LogP contribution in [-0.4, -0.2) is 27.5 Å². The summed E-state index contributed by atoms with van der Waals surface area (Å²) >= 11 is 11.9. The predicted molar refractivity (Wildman–Crippen MR) is 201 cm³/mol. The molecule has 0 saturated heterocycles. The lowest BCUT2D eigenvalue weighted by Gasteiger charge is -2.32. The van der Waals surface area contributed by atoms with E-state index in [2.05, 4.69) is 87.8 Å². The molecular weight excluding hydrogens is 649 g/mol. The molecule has 1 atom stereocenters. The standard InChI is InChI=1S/C40H26Cl2N7/c41-34-23-35(42)45-40(44-34)46-36(43)28-15-9-26(10-16-28)27-11-17-29(18-12-27)37-47-38(32-19-13-24-5-1-3-7-30(24)21-32)49-39(48-37)33-20-14-25-6-2-4-8-31(25)22-33/h1-23,38H,(H2-,43,44,45,46,47,48,49)/q-1. The van der Waals surface area contributed by atoms with E-state index in [1.54, 1.807) is 0 Å². The van der Waals surface area contributed by atoms with Crippen molar-refractivity contribution >= 4 is 68.2 Å². The summed E-state index contributed by atoms with van der Waals surface area (Å²) in [6.45, 7) is 0. The van der Waals surface area contributed by atoms with Gasteiger partial charge in [0.1, 0.15) is 16.1 Å². The number of nitrogens with two attached hydrogens (primary N) is 1. The van der Waals surface area contributed by atoms with E-state index in [0.717, 1.165) is 44.2 Å². The predicted octanol–water partition coefficient (Wildman–Crippen LogP) is 10.1. The quantitative estimate of drug-likeness (QED) is 0.108. The van der Waals surface area contributed by atoms with Crippen LogP contribution in [0.4, 0.5) is 5.95 Å². The Hall–Kier alpha value is -5.89. The van der Waals surface area contributed by atoms with Gasteiger partial charge in [-0.3, -0.25) is 4.99 Å². The zero-order chi connectivity index (χ0) is 33.3. The summed E-state index contributed by atoms with van der Waals surface area (Å²) in [5.41, 5.74) is 11.8. The second-order valence-electron chi connectivity index (χ2n) is 11.5. The average Bonchev–Trinajstić information content (AvgIpc) is 3.14. The molecule has 7 nitrogen and oxygen atoms in total. The average molecular weight is 676 g/mol. The van der Waals surface area contributed by atoms with Gasteiger partial charge in [0.25, 0.3) is 5.95 Å². The molecule has 1 aromatic heterocycles. The molecule has 1 unspecified atom stereocenters. The number of benzene rings is 6. The fourth-order valence-electron chi connectivity index (χ4n) is 5.79. The van der Waals surface area contributed by atoms with Gasteiger partial charge in [-0.15, -0.1) is 0 Å². The third-order valence-electron chi connectivity index (χ3n) is 8.31. The molecule has 236 valence electrons. The molecule has 1 aliphatic heterocycles. The molecule has 6 aromatic carbocycles. The summed E-state index contributed by atoms with van der Waals surface area (Å²) in [6, 6.07) is 46.7. The Balaban J connectivity index is 1.10. The molecule has 1 aliphatic rings. The zero-order valence-electron chi connectivity index (χ0n) is 25.9. The van der Waals surface area contributed by atoms with Gasteiger partial charge in [-0.2, -0.15) is 15.0 Å². The lowest BCUT2D eigenvalue weighted by Crippen LogP contribution is -2.16. The van der Waals surface area contributed by atoms with Gasteiger partial charge in [-0.1, -0.05) is 150 Å². The number of hydrogen-bond acceptors (Lipinski definition) is 5. The van der Waals surface area contributed by atoms with Crippen molar-refractivity contribution in [1.29, 1.82) is 0 Å². The number of nitrogens with zero attached hydrogens (tertiary/aromatic N) is 6. The van der Waals surface area contributed by atoms with Gasteiger partial charge < -0.3 is 16.0 Å². The maximum Gasteiger partial charge on any atom is 0.254 e. The van der Waals surface area contributed by atoms with Crippen LogP contribution in [0.2, 0.25) is 10.3 Å². The molecule has 0 spiro atoms. The molecular formula is C40H26Cl2N7-. The maximum atomic E-state index is 6.23. The van der Waals surface area contributed by atoms with E-state index in [9.17, 15) is 0 Å². The summed E-state index contributed by atoms with van der Waals surface area (Å²) in [7, 11) is 0. The Morgan fingerprint density at radius 1 is 0.592 bits per heavy atom. The van der Waals surface area contributed by atoms with Gasteiger partial charge in [-0.25, -0.2) is 0 Å². The first-order chi connectivity index (χ1) is 23.9. The van der Waals surface area contributed by atoms with Crippen LogP contribution in [0.5, 0.6) is 0 Å². The van der Waals surface area contributed by atoms with Crippen molar-refractivity contribution in [3.63, 3.8) is 0 Å². The maximum absolute atomic E-state index is 6.23. The van der Waals surface area contributed by atoms with Gasteiger partial charge >= 0.3 is 0 Å². The second kappa shape index (κ2) is 13.0. The van der Waals surface area contributed by atoms with Gasteiger partial charge in [0.2, 0.25) is 0 Å². The number of hydrogen-bond donors (Lipinski definition) is 1. The highest BCUT2D eigenvalue weighted by atomic mass is 35.5. The van der Waals surface area contributed by atoms with Crippen molar-refractivity contribution < 1.29 is 0 Å². The van der Waals surface area contributed by atoms with E-state index in [-0.39, 0.29) is 22.1 Å². The summed E-state index contributed by atoms with van der Waals surface area (Å²) in [4.78, 5) is 22.4. The number of aliphatic imine (C=N–C) groups is 3. The van der Waals surface area contributed by atoms with E-state index < -0.39 is 6.17 Å². The van der Waals surface area contributed by atoms with E-state index in [1.807, 2.05) is 60.7 Å². The Morgan fingerprint density at radius 3 is 1.82 bits per heavy atom. The van der Waals surface area contributed by atoms with E-state index in [4.69, 9.17) is 44.2 Å². The van der Waals surface area contributed by atoms with Crippen LogP contribution in [0.15, 0.2) is 155 Å². The van der Waals surface area contributed by atoms with Crippen LogP contribution in [-0.2, 0) is 0 Å². The fraction of sp³-hybridized carbons (Fsp3) is 0.0250. The van der Waals surface area contributed by atoms with Crippen LogP contribution < -0.4 is 5.73 Å². The van der Waals surface area contributed by atoms with E-state index >= 15 is 0 Å². The summed E-state index contributed by atoms with van der Waals surface area (Å²) < 4.78 is 0. The summed E-state index contributed by atoms with van der Waals surface area (Å²) in [6.07, 6.45) is -0.439. The molecule has 8 rings (SSSR count). The van der Waals surface area contributed by atoms with Crippen molar-refractivity contribution in [2.45, 2.75) is 6.17 Å². The third-order valence-corrected chi connectivity index (χ3v) is 8.70. The first kappa shape index (κ1) is 30.4. The smallest absolute Gasteiger partial charge is 0.254 e. The van der Waals surface area contributed by atoms with E-state index in [0.29, 0.717) is 11.7 Å². The van der Waals surface area contributed by atoms with Crippen molar-refractivity contribution in [3.05, 3.63) is 177 Å². The number of amidine groups is 3. The topological polar surface area (TPSA) is 103 Å². The molecule has 0 saturated carbocycles. The lowest BCUT2D eigenvalue weighted by atomic mass is 10.0. The van der Waals surface area contributed by atoms with Crippen LogP contribution >= 0.6 is 23.2 Å². The number of fused-ring (bicyclic) bond motifs is 2. The minimum Gasteiger partial charge on any atom is -0.438 e. The Morgan fingerprint density at radius 2 is 1.14 bits per heavy atom. The van der Waals surface area contributed by atoms with Crippen molar-refractivity contribution in [3.8, 4) is 11.1 Å². The molecule has 7 aromatic rings. The molecule has 0 radical (unpaired) electrons. The normalized spacial score (nSPS) is 14.7. The highest BCUT2D eigenvalue weighted by molar-refractivity contribution is 6.33. The molecule has 2 N–H and O–H groups in total. The van der Waals surface area contributed by atoms with Crippen LogP contribution in [0, 0.1) is 0 Å². The van der Waals surface area contributed by atoms with Crippen molar-refractivity contribution in [2.24, 2.45) is 20.7 Å². The largest absolute Gasteiger partial charge is 0.438 e.